The van der Waals surface area contributed by atoms with Crippen LogP contribution in [0.5, 0.6) is 0 Å². The van der Waals surface area contributed by atoms with Gasteiger partial charge in [-0.1, -0.05) is 0 Å². The van der Waals surface area contributed by atoms with E-state index < -0.39 is 0 Å². The number of hydrogen-bond acceptors (Lipinski definition) is 4. The van der Waals surface area contributed by atoms with E-state index in [1.165, 1.54) is 0 Å². The summed E-state index contributed by atoms with van der Waals surface area (Å²) in [6.45, 7) is 2.49. The molecule has 3 rings (SSSR count). The third kappa shape index (κ3) is 2.56. The number of rotatable bonds is 4. The van der Waals surface area contributed by atoms with Gasteiger partial charge >= 0.3 is 0 Å². The van der Waals surface area contributed by atoms with Crippen LogP contribution < -0.4 is 10.9 Å². The molecule has 2 fully saturated rings. The molecule has 0 bridgehead atoms. The zero-order valence-electron chi connectivity index (χ0n) is 10.5. The Kier molecular flexibility index (Phi) is 3.32. The lowest BCUT2D eigenvalue weighted by Crippen LogP contribution is -2.28. The summed E-state index contributed by atoms with van der Waals surface area (Å²) in [6.07, 6.45) is 7.87. The minimum Gasteiger partial charge on any atom is -0.381 e. The Hall–Kier alpha value is -1.36. The molecule has 5 heteroatoms. The van der Waals surface area contributed by atoms with E-state index in [-0.39, 0.29) is 5.56 Å². The van der Waals surface area contributed by atoms with E-state index in [9.17, 15) is 4.79 Å². The van der Waals surface area contributed by atoms with Crippen molar-refractivity contribution in [3.05, 3.63) is 22.7 Å². The maximum absolute atomic E-state index is 12.1. The van der Waals surface area contributed by atoms with Gasteiger partial charge in [0, 0.05) is 38.2 Å². The van der Waals surface area contributed by atoms with Crippen LogP contribution in [0.1, 0.15) is 31.7 Å². The van der Waals surface area contributed by atoms with E-state index in [0.717, 1.165) is 45.4 Å². The second kappa shape index (κ2) is 5.10. The van der Waals surface area contributed by atoms with Crippen LogP contribution in [0, 0.1) is 5.92 Å². The van der Waals surface area contributed by atoms with Gasteiger partial charge in [-0.3, -0.25) is 4.79 Å². The van der Waals surface area contributed by atoms with Gasteiger partial charge in [-0.2, -0.15) is 0 Å². The second-order valence-corrected chi connectivity index (χ2v) is 5.16. The van der Waals surface area contributed by atoms with Gasteiger partial charge in [0.2, 0.25) is 0 Å². The molecule has 1 N–H and O–H groups in total. The zero-order chi connectivity index (χ0) is 12.4. The molecule has 0 unspecified atom stereocenters. The van der Waals surface area contributed by atoms with Gasteiger partial charge in [-0.25, -0.2) is 4.98 Å². The summed E-state index contributed by atoms with van der Waals surface area (Å²) < 4.78 is 7.13. The number of anilines is 1. The van der Waals surface area contributed by atoms with Crippen molar-refractivity contribution >= 4 is 5.82 Å². The minimum absolute atomic E-state index is 0.0204. The van der Waals surface area contributed by atoms with Crippen LogP contribution in [0.25, 0.3) is 0 Å². The first-order valence-electron chi connectivity index (χ1n) is 6.73. The van der Waals surface area contributed by atoms with Crippen LogP contribution in [-0.2, 0) is 4.74 Å². The lowest BCUT2D eigenvalue weighted by molar-refractivity contribution is 0.0699. The summed E-state index contributed by atoms with van der Waals surface area (Å²) in [4.78, 5) is 16.3. The van der Waals surface area contributed by atoms with E-state index >= 15 is 0 Å². The summed E-state index contributed by atoms with van der Waals surface area (Å²) in [5.74, 6) is 1.09. The fourth-order valence-electron chi connectivity index (χ4n) is 2.38. The molecule has 1 aromatic rings. The van der Waals surface area contributed by atoms with E-state index in [0.29, 0.717) is 17.8 Å². The monoisotopic (exact) mass is 249 g/mol. The normalized spacial score (nSPS) is 20.9. The predicted octanol–water partition coefficient (Wildman–Crippen LogP) is 1.42. The lowest BCUT2D eigenvalue weighted by Gasteiger charge is -2.22. The molecule has 98 valence electrons. The Morgan fingerprint density at radius 1 is 1.33 bits per heavy atom. The van der Waals surface area contributed by atoms with Crippen LogP contribution >= 0.6 is 0 Å². The third-order valence-electron chi connectivity index (χ3n) is 3.71. The number of nitrogens with one attached hydrogen (secondary N) is 1. The second-order valence-electron chi connectivity index (χ2n) is 5.16. The first kappa shape index (κ1) is 11.7. The van der Waals surface area contributed by atoms with Gasteiger partial charge in [0.05, 0.1) is 0 Å². The Balaban J connectivity index is 1.65. The molecule has 1 aliphatic heterocycles. The molecule has 1 saturated heterocycles. The maximum Gasteiger partial charge on any atom is 0.293 e. The summed E-state index contributed by atoms with van der Waals surface area (Å²) >= 11 is 0. The van der Waals surface area contributed by atoms with E-state index in [2.05, 4.69) is 10.3 Å². The maximum atomic E-state index is 12.1. The van der Waals surface area contributed by atoms with Crippen molar-refractivity contribution < 1.29 is 4.74 Å². The highest BCUT2D eigenvalue weighted by atomic mass is 16.5. The highest BCUT2D eigenvalue weighted by molar-refractivity contribution is 5.31. The molecular formula is C13H19N3O2. The van der Waals surface area contributed by atoms with Crippen molar-refractivity contribution in [2.45, 2.75) is 31.7 Å². The molecule has 0 atom stereocenters. The Bertz CT molecular complexity index is 462. The molecule has 1 aliphatic carbocycles. The van der Waals surface area contributed by atoms with Crippen LogP contribution in [0.4, 0.5) is 5.82 Å². The Morgan fingerprint density at radius 2 is 2.11 bits per heavy atom. The lowest BCUT2D eigenvalue weighted by atomic mass is 10.0. The van der Waals surface area contributed by atoms with E-state index in [1.807, 2.05) is 0 Å². The number of aromatic nitrogens is 2. The smallest absolute Gasteiger partial charge is 0.293 e. The third-order valence-corrected chi connectivity index (χ3v) is 3.71. The van der Waals surface area contributed by atoms with Crippen molar-refractivity contribution in [2.75, 3.05) is 25.1 Å². The highest BCUT2D eigenvalue weighted by Crippen LogP contribution is 2.33. The van der Waals surface area contributed by atoms with Gasteiger partial charge in [0.1, 0.15) is 0 Å². The molecule has 1 saturated carbocycles. The van der Waals surface area contributed by atoms with E-state index in [4.69, 9.17) is 4.74 Å². The van der Waals surface area contributed by atoms with Crippen LogP contribution in [0.15, 0.2) is 17.2 Å². The van der Waals surface area contributed by atoms with Crippen molar-refractivity contribution in [3.63, 3.8) is 0 Å². The van der Waals surface area contributed by atoms with Crippen molar-refractivity contribution in [1.82, 2.24) is 9.55 Å². The highest BCUT2D eigenvalue weighted by Gasteiger charge is 2.25. The topological polar surface area (TPSA) is 56.1 Å². The van der Waals surface area contributed by atoms with Gasteiger partial charge in [0.25, 0.3) is 5.56 Å². The average molecular weight is 249 g/mol. The van der Waals surface area contributed by atoms with Crippen molar-refractivity contribution in [3.8, 4) is 0 Å². The number of ether oxygens (including phenoxy) is 1. The molecule has 0 amide bonds. The minimum atomic E-state index is 0.0204. The van der Waals surface area contributed by atoms with Gasteiger partial charge < -0.3 is 14.6 Å². The fraction of sp³-hybridized carbons (Fsp3) is 0.692. The van der Waals surface area contributed by atoms with Crippen LogP contribution in [0.2, 0.25) is 0 Å². The molecular weight excluding hydrogens is 230 g/mol. The summed E-state index contributed by atoms with van der Waals surface area (Å²) in [5.41, 5.74) is 0.0204. The van der Waals surface area contributed by atoms with Gasteiger partial charge in [-0.15, -0.1) is 0 Å². The molecule has 0 aromatic carbocycles. The molecule has 2 aliphatic rings. The zero-order valence-corrected chi connectivity index (χ0v) is 10.5. The van der Waals surface area contributed by atoms with Gasteiger partial charge in [-0.05, 0) is 31.6 Å². The molecule has 0 spiro atoms. The fourth-order valence-corrected chi connectivity index (χ4v) is 2.38. The number of nitrogens with zero attached hydrogens (tertiary/aromatic N) is 2. The van der Waals surface area contributed by atoms with Crippen molar-refractivity contribution in [2.24, 2.45) is 5.92 Å². The van der Waals surface area contributed by atoms with Gasteiger partial charge in [0.15, 0.2) is 5.82 Å². The predicted molar refractivity (Wildman–Crippen MR) is 68.8 cm³/mol. The largest absolute Gasteiger partial charge is 0.381 e. The number of hydrogen-bond donors (Lipinski definition) is 1. The summed E-state index contributed by atoms with van der Waals surface area (Å²) in [7, 11) is 0. The van der Waals surface area contributed by atoms with Crippen LogP contribution in [-0.4, -0.2) is 29.3 Å². The SMILES string of the molecule is O=c1c(NCC2CCOCC2)nccn1C1CC1. The summed E-state index contributed by atoms with van der Waals surface area (Å²) in [6, 6.07) is 0.407. The quantitative estimate of drug-likeness (QED) is 0.876. The molecule has 1 aromatic heterocycles. The Morgan fingerprint density at radius 3 is 2.83 bits per heavy atom. The first-order chi connectivity index (χ1) is 8.84. The van der Waals surface area contributed by atoms with Crippen LogP contribution in [0.3, 0.4) is 0 Å². The van der Waals surface area contributed by atoms with E-state index in [1.54, 1.807) is 17.0 Å². The molecule has 5 nitrogen and oxygen atoms in total. The molecule has 18 heavy (non-hydrogen) atoms. The average Bonchev–Trinajstić information content (AvgIpc) is 3.23. The standard InChI is InChI=1S/C13H19N3O2/c17-13-12(14-5-6-16(13)11-1-2-11)15-9-10-3-7-18-8-4-10/h5-6,10-11H,1-4,7-9H2,(H,14,15). The molecule has 2 heterocycles. The molecule has 0 radical (unpaired) electrons. The van der Waals surface area contributed by atoms with Crippen molar-refractivity contribution in [1.29, 1.82) is 0 Å². The first-order valence-corrected chi connectivity index (χ1v) is 6.73. The Labute approximate surface area is 106 Å². The summed E-state index contributed by atoms with van der Waals surface area (Å²) in [5, 5.41) is 3.21.